The lowest BCUT2D eigenvalue weighted by molar-refractivity contribution is -0.129. The minimum atomic E-state index is -0.122. The molecule has 22 heavy (non-hydrogen) atoms. The Morgan fingerprint density at radius 3 is 2.55 bits per heavy atom. The highest BCUT2D eigenvalue weighted by Crippen LogP contribution is 2.43. The summed E-state index contributed by atoms with van der Waals surface area (Å²) in [6.45, 7) is 0.667. The maximum Gasteiger partial charge on any atom is 0.239 e. The SMILES string of the molecule is O=C(CNC(=O)C1CC2C=CC1C2)NCCc1ccccc1. The van der Waals surface area contributed by atoms with E-state index in [1.807, 2.05) is 30.3 Å². The Kier molecular flexibility index (Phi) is 4.56. The molecule has 1 aromatic carbocycles. The van der Waals surface area contributed by atoms with Gasteiger partial charge in [-0.1, -0.05) is 42.5 Å². The zero-order valence-corrected chi connectivity index (χ0v) is 12.6. The second-order valence-corrected chi connectivity index (χ2v) is 6.19. The average molecular weight is 298 g/mol. The summed E-state index contributed by atoms with van der Waals surface area (Å²) in [5, 5.41) is 5.62. The van der Waals surface area contributed by atoms with Gasteiger partial charge in [0, 0.05) is 12.5 Å². The predicted molar refractivity (Wildman–Crippen MR) is 85.0 cm³/mol. The minimum Gasteiger partial charge on any atom is -0.354 e. The summed E-state index contributed by atoms with van der Waals surface area (Å²) in [5.41, 5.74) is 1.20. The van der Waals surface area contributed by atoms with Crippen LogP contribution in [0.15, 0.2) is 42.5 Å². The van der Waals surface area contributed by atoms with Crippen LogP contribution in [0.1, 0.15) is 18.4 Å². The fourth-order valence-electron chi connectivity index (χ4n) is 3.43. The van der Waals surface area contributed by atoms with E-state index in [4.69, 9.17) is 0 Å². The lowest BCUT2D eigenvalue weighted by Gasteiger charge is -2.17. The molecule has 116 valence electrons. The number of hydrogen-bond acceptors (Lipinski definition) is 2. The zero-order valence-electron chi connectivity index (χ0n) is 12.6. The lowest BCUT2D eigenvalue weighted by atomic mass is 9.93. The normalized spacial score (nSPS) is 25.2. The van der Waals surface area contributed by atoms with Gasteiger partial charge in [-0.3, -0.25) is 9.59 Å². The van der Waals surface area contributed by atoms with Crippen LogP contribution in [0.3, 0.4) is 0 Å². The van der Waals surface area contributed by atoms with Crippen LogP contribution in [0.4, 0.5) is 0 Å². The molecule has 1 fully saturated rings. The minimum absolute atomic E-state index is 0.0232. The van der Waals surface area contributed by atoms with Crippen molar-refractivity contribution in [3.63, 3.8) is 0 Å². The molecule has 0 spiro atoms. The van der Waals surface area contributed by atoms with Crippen molar-refractivity contribution in [1.82, 2.24) is 10.6 Å². The molecule has 4 nitrogen and oxygen atoms in total. The number of amides is 2. The van der Waals surface area contributed by atoms with Gasteiger partial charge < -0.3 is 10.6 Å². The van der Waals surface area contributed by atoms with Crippen LogP contribution in [0.5, 0.6) is 0 Å². The molecular formula is C18H22N2O2. The van der Waals surface area contributed by atoms with E-state index < -0.39 is 0 Å². The zero-order chi connectivity index (χ0) is 15.4. The molecule has 2 aliphatic carbocycles. The first-order chi connectivity index (χ1) is 10.7. The van der Waals surface area contributed by atoms with E-state index in [2.05, 4.69) is 22.8 Å². The van der Waals surface area contributed by atoms with E-state index in [0.717, 1.165) is 19.3 Å². The molecule has 2 amide bonds. The van der Waals surface area contributed by atoms with Gasteiger partial charge in [-0.2, -0.15) is 0 Å². The number of fused-ring (bicyclic) bond motifs is 2. The monoisotopic (exact) mass is 298 g/mol. The number of rotatable bonds is 6. The van der Waals surface area contributed by atoms with Gasteiger partial charge in [0.25, 0.3) is 0 Å². The molecule has 0 radical (unpaired) electrons. The van der Waals surface area contributed by atoms with Crippen molar-refractivity contribution < 1.29 is 9.59 Å². The quantitative estimate of drug-likeness (QED) is 0.785. The summed E-state index contributed by atoms with van der Waals surface area (Å²) >= 11 is 0. The Morgan fingerprint density at radius 2 is 1.86 bits per heavy atom. The van der Waals surface area contributed by atoms with Crippen molar-refractivity contribution in [3.05, 3.63) is 48.0 Å². The fraction of sp³-hybridized carbons (Fsp3) is 0.444. The predicted octanol–water partition coefficient (Wildman–Crippen LogP) is 1.67. The number of nitrogens with one attached hydrogen (secondary N) is 2. The van der Waals surface area contributed by atoms with Crippen molar-refractivity contribution in [1.29, 1.82) is 0 Å². The highest BCUT2D eigenvalue weighted by molar-refractivity contribution is 5.86. The van der Waals surface area contributed by atoms with Gasteiger partial charge in [0.05, 0.1) is 6.54 Å². The molecule has 0 heterocycles. The van der Waals surface area contributed by atoms with Crippen LogP contribution in [-0.2, 0) is 16.0 Å². The standard InChI is InChI=1S/C18H22N2O2/c21-17(19-9-8-13-4-2-1-3-5-13)12-20-18(22)16-11-14-6-7-15(16)10-14/h1-7,14-16H,8-12H2,(H,19,21)(H,20,22). The molecule has 3 rings (SSSR count). The topological polar surface area (TPSA) is 58.2 Å². The fourth-order valence-corrected chi connectivity index (χ4v) is 3.43. The van der Waals surface area contributed by atoms with E-state index in [9.17, 15) is 9.59 Å². The van der Waals surface area contributed by atoms with Crippen LogP contribution < -0.4 is 10.6 Å². The maximum absolute atomic E-state index is 12.1. The third-order valence-electron chi connectivity index (χ3n) is 4.62. The van der Waals surface area contributed by atoms with Gasteiger partial charge in [-0.05, 0) is 36.7 Å². The molecule has 2 N–H and O–H groups in total. The van der Waals surface area contributed by atoms with Gasteiger partial charge in [0.15, 0.2) is 0 Å². The molecule has 3 unspecified atom stereocenters. The third kappa shape index (κ3) is 3.56. The Labute approximate surface area is 131 Å². The molecular weight excluding hydrogens is 276 g/mol. The molecule has 1 aromatic rings. The molecule has 2 bridgehead atoms. The van der Waals surface area contributed by atoms with Crippen LogP contribution in [0.25, 0.3) is 0 Å². The van der Waals surface area contributed by atoms with Gasteiger partial charge in [0.2, 0.25) is 11.8 Å². The van der Waals surface area contributed by atoms with Crippen LogP contribution >= 0.6 is 0 Å². The van der Waals surface area contributed by atoms with Crippen molar-refractivity contribution >= 4 is 11.8 Å². The number of carbonyl (C=O) groups is 2. The van der Waals surface area contributed by atoms with Gasteiger partial charge >= 0.3 is 0 Å². The summed E-state index contributed by atoms with van der Waals surface area (Å²) < 4.78 is 0. The highest BCUT2D eigenvalue weighted by Gasteiger charge is 2.39. The third-order valence-corrected chi connectivity index (χ3v) is 4.62. The summed E-state index contributed by atoms with van der Waals surface area (Å²) in [4.78, 5) is 23.9. The maximum atomic E-state index is 12.1. The Morgan fingerprint density at radius 1 is 1.05 bits per heavy atom. The molecule has 0 aliphatic heterocycles. The first-order valence-electron chi connectivity index (χ1n) is 7.99. The van der Waals surface area contributed by atoms with Crippen LogP contribution in [0.2, 0.25) is 0 Å². The first kappa shape index (κ1) is 14.8. The van der Waals surface area contributed by atoms with E-state index in [1.165, 1.54) is 5.56 Å². The van der Waals surface area contributed by atoms with Crippen molar-refractivity contribution in [3.8, 4) is 0 Å². The molecule has 1 saturated carbocycles. The highest BCUT2D eigenvalue weighted by atomic mass is 16.2. The van der Waals surface area contributed by atoms with E-state index in [0.29, 0.717) is 18.4 Å². The number of hydrogen-bond donors (Lipinski definition) is 2. The summed E-state index contributed by atoms with van der Waals surface area (Å²) in [7, 11) is 0. The molecule has 0 aromatic heterocycles. The van der Waals surface area contributed by atoms with E-state index in [1.54, 1.807) is 0 Å². The summed E-state index contributed by atoms with van der Waals surface area (Å²) in [5.74, 6) is 0.914. The second kappa shape index (κ2) is 6.77. The average Bonchev–Trinajstić information content (AvgIpc) is 3.17. The molecule has 4 heteroatoms. The Balaban J connectivity index is 1.34. The van der Waals surface area contributed by atoms with Gasteiger partial charge in [-0.15, -0.1) is 0 Å². The van der Waals surface area contributed by atoms with Gasteiger partial charge in [0.1, 0.15) is 0 Å². The second-order valence-electron chi connectivity index (χ2n) is 6.19. The smallest absolute Gasteiger partial charge is 0.239 e. The van der Waals surface area contributed by atoms with Crippen molar-refractivity contribution in [2.45, 2.75) is 19.3 Å². The van der Waals surface area contributed by atoms with Crippen molar-refractivity contribution in [2.75, 3.05) is 13.1 Å². The number of benzene rings is 1. The summed E-state index contributed by atoms with van der Waals surface area (Å²) in [6.07, 6.45) is 7.20. The van der Waals surface area contributed by atoms with Crippen LogP contribution in [0, 0.1) is 17.8 Å². The molecule has 3 atom stereocenters. The van der Waals surface area contributed by atoms with E-state index >= 15 is 0 Å². The molecule has 2 aliphatic rings. The summed E-state index contributed by atoms with van der Waals surface area (Å²) in [6, 6.07) is 10.0. The Bertz CT molecular complexity index is 568. The number of allylic oxidation sites excluding steroid dienone is 2. The largest absolute Gasteiger partial charge is 0.354 e. The number of carbonyl (C=O) groups excluding carboxylic acids is 2. The Hall–Kier alpha value is -2.10. The first-order valence-corrected chi connectivity index (χ1v) is 7.99. The van der Waals surface area contributed by atoms with Crippen LogP contribution in [-0.4, -0.2) is 24.9 Å². The van der Waals surface area contributed by atoms with Crippen molar-refractivity contribution in [2.24, 2.45) is 17.8 Å². The lowest BCUT2D eigenvalue weighted by Crippen LogP contribution is -2.41. The molecule has 0 saturated heterocycles. The van der Waals surface area contributed by atoms with E-state index in [-0.39, 0.29) is 24.3 Å². The van der Waals surface area contributed by atoms with Gasteiger partial charge in [-0.25, -0.2) is 0 Å².